The van der Waals surface area contributed by atoms with Gasteiger partial charge in [-0.1, -0.05) is 13.3 Å². The average Bonchev–Trinajstić information content (AvgIpc) is 3.10. The van der Waals surface area contributed by atoms with Gasteiger partial charge in [0.15, 0.2) is 5.82 Å². The molecule has 0 atom stereocenters. The summed E-state index contributed by atoms with van der Waals surface area (Å²) in [5, 5.41) is 6.41. The monoisotopic (exact) mass is 302 g/mol. The predicted octanol–water partition coefficient (Wildman–Crippen LogP) is 2.73. The van der Waals surface area contributed by atoms with Crippen molar-refractivity contribution in [3.05, 3.63) is 28.8 Å². The van der Waals surface area contributed by atoms with Crippen molar-refractivity contribution in [3.63, 3.8) is 0 Å². The number of rotatable bonds is 6. The van der Waals surface area contributed by atoms with Crippen molar-refractivity contribution in [2.75, 3.05) is 17.6 Å². The number of nitrogens with zero attached hydrogens (tertiary/aromatic N) is 4. The normalized spacial score (nSPS) is 11.1. The molecule has 110 valence electrons. The fourth-order valence-electron chi connectivity index (χ4n) is 2.24. The number of hydrogen-bond acceptors (Lipinski definition) is 6. The fraction of sp³-hybridized carbons (Fsp3) is 0.357. The molecule has 7 heteroatoms. The van der Waals surface area contributed by atoms with Gasteiger partial charge in [0.25, 0.3) is 0 Å². The third-order valence-electron chi connectivity index (χ3n) is 3.24. The van der Waals surface area contributed by atoms with E-state index in [1.165, 1.54) is 0 Å². The molecule has 0 radical (unpaired) electrons. The van der Waals surface area contributed by atoms with Gasteiger partial charge < -0.3 is 15.6 Å². The molecule has 0 unspecified atom stereocenters. The van der Waals surface area contributed by atoms with E-state index in [0.29, 0.717) is 5.95 Å². The number of nitrogens with one attached hydrogen (secondary N) is 1. The Labute approximate surface area is 127 Å². The molecule has 0 amide bonds. The predicted molar refractivity (Wildman–Crippen MR) is 86.6 cm³/mol. The quantitative estimate of drug-likeness (QED) is 0.684. The summed E-state index contributed by atoms with van der Waals surface area (Å²) in [6.07, 6.45) is 6.06. The second kappa shape index (κ2) is 6.09. The van der Waals surface area contributed by atoms with E-state index in [1.54, 1.807) is 11.3 Å². The highest BCUT2D eigenvalue weighted by Crippen LogP contribution is 2.24. The van der Waals surface area contributed by atoms with Crippen LogP contribution in [0.5, 0.6) is 0 Å². The maximum atomic E-state index is 5.79. The summed E-state index contributed by atoms with van der Waals surface area (Å²) in [5.74, 6) is 1.10. The van der Waals surface area contributed by atoms with E-state index < -0.39 is 0 Å². The first-order chi connectivity index (χ1) is 10.3. The molecule has 3 rings (SSSR count). The zero-order chi connectivity index (χ0) is 14.7. The maximum Gasteiger partial charge on any atom is 0.222 e. The van der Waals surface area contributed by atoms with Crippen LogP contribution in [-0.4, -0.2) is 26.1 Å². The molecule has 0 bridgehead atoms. The SMILES string of the molecule is CCCCNc1nc(N)nc2ccn(Cc3nccs3)c12. The zero-order valence-electron chi connectivity index (χ0n) is 11.9. The van der Waals surface area contributed by atoms with Crippen LogP contribution in [0, 0.1) is 0 Å². The van der Waals surface area contributed by atoms with Crippen LogP contribution in [0.2, 0.25) is 0 Å². The molecule has 0 aromatic carbocycles. The van der Waals surface area contributed by atoms with Crippen molar-refractivity contribution in [1.29, 1.82) is 0 Å². The molecule has 0 saturated carbocycles. The Hall–Kier alpha value is -2.15. The van der Waals surface area contributed by atoms with Gasteiger partial charge in [0.2, 0.25) is 5.95 Å². The van der Waals surface area contributed by atoms with Crippen LogP contribution in [0.1, 0.15) is 24.8 Å². The van der Waals surface area contributed by atoms with Gasteiger partial charge in [0, 0.05) is 24.3 Å². The molecule has 3 N–H and O–H groups in total. The molecule has 0 aliphatic heterocycles. The molecule has 21 heavy (non-hydrogen) atoms. The van der Waals surface area contributed by atoms with Crippen LogP contribution >= 0.6 is 11.3 Å². The Morgan fingerprint density at radius 2 is 2.29 bits per heavy atom. The van der Waals surface area contributed by atoms with Crippen LogP contribution in [0.4, 0.5) is 11.8 Å². The summed E-state index contributed by atoms with van der Waals surface area (Å²) in [4.78, 5) is 13.0. The molecule has 6 nitrogen and oxygen atoms in total. The van der Waals surface area contributed by atoms with E-state index in [9.17, 15) is 0 Å². The molecule has 0 aliphatic rings. The highest BCUT2D eigenvalue weighted by Gasteiger charge is 2.12. The van der Waals surface area contributed by atoms with Crippen molar-refractivity contribution in [2.24, 2.45) is 0 Å². The second-order valence-electron chi connectivity index (χ2n) is 4.81. The van der Waals surface area contributed by atoms with Gasteiger partial charge in [-0.15, -0.1) is 11.3 Å². The minimum Gasteiger partial charge on any atom is -0.368 e. The highest BCUT2D eigenvalue weighted by molar-refractivity contribution is 7.09. The van der Waals surface area contributed by atoms with Gasteiger partial charge in [0.05, 0.1) is 12.1 Å². The minimum atomic E-state index is 0.300. The van der Waals surface area contributed by atoms with Crippen molar-refractivity contribution in [2.45, 2.75) is 26.3 Å². The Balaban J connectivity index is 1.97. The molecule has 3 aromatic heterocycles. The lowest BCUT2D eigenvalue weighted by Gasteiger charge is -2.10. The summed E-state index contributed by atoms with van der Waals surface area (Å²) in [7, 11) is 0. The number of aromatic nitrogens is 4. The Kier molecular flexibility index (Phi) is 4.01. The summed E-state index contributed by atoms with van der Waals surface area (Å²) >= 11 is 1.64. The van der Waals surface area contributed by atoms with Gasteiger partial charge in [-0.3, -0.25) is 0 Å². The summed E-state index contributed by atoms with van der Waals surface area (Å²) in [6, 6.07) is 1.96. The molecule has 0 fully saturated rings. The van der Waals surface area contributed by atoms with Gasteiger partial charge in [-0.25, -0.2) is 9.97 Å². The Bertz CT molecular complexity index is 718. The summed E-state index contributed by atoms with van der Waals surface area (Å²) < 4.78 is 2.11. The molecular weight excluding hydrogens is 284 g/mol. The maximum absolute atomic E-state index is 5.79. The number of fused-ring (bicyclic) bond motifs is 1. The third-order valence-corrected chi connectivity index (χ3v) is 4.00. The number of unbranched alkanes of at least 4 members (excludes halogenated alkanes) is 1. The van der Waals surface area contributed by atoms with Crippen LogP contribution in [-0.2, 0) is 6.54 Å². The molecule has 0 spiro atoms. The number of thiazole rings is 1. The number of anilines is 2. The van der Waals surface area contributed by atoms with Crippen molar-refractivity contribution >= 4 is 34.1 Å². The average molecular weight is 302 g/mol. The van der Waals surface area contributed by atoms with E-state index in [-0.39, 0.29) is 0 Å². The van der Waals surface area contributed by atoms with Gasteiger partial charge >= 0.3 is 0 Å². The first-order valence-corrected chi connectivity index (χ1v) is 7.90. The fourth-order valence-corrected chi connectivity index (χ4v) is 2.85. The van der Waals surface area contributed by atoms with Gasteiger partial charge in [-0.2, -0.15) is 4.98 Å². The standard InChI is InChI=1S/C14H18N6S/c1-2-3-5-17-13-12-10(18-14(15)19-13)4-7-20(12)9-11-16-6-8-21-11/h4,6-8H,2-3,5,9H2,1H3,(H3,15,17,18,19). The second-order valence-corrected chi connectivity index (χ2v) is 5.79. The minimum absolute atomic E-state index is 0.300. The number of nitrogen functional groups attached to an aromatic ring is 1. The van der Waals surface area contributed by atoms with Crippen LogP contribution in [0.3, 0.4) is 0 Å². The molecule has 3 aromatic rings. The Morgan fingerprint density at radius 3 is 3.05 bits per heavy atom. The number of hydrogen-bond donors (Lipinski definition) is 2. The van der Waals surface area contributed by atoms with Crippen LogP contribution < -0.4 is 11.1 Å². The van der Waals surface area contributed by atoms with Crippen LogP contribution in [0.15, 0.2) is 23.8 Å². The summed E-state index contributed by atoms with van der Waals surface area (Å²) in [5.41, 5.74) is 7.63. The number of nitrogens with two attached hydrogens (primary N) is 1. The van der Waals surface area contributed by atoms with Crippen LogP contribution in [0.25, 0.3) is 11.0 Å². The smallest absolute Gasteiger partial charge is 0.222 e. The third kappa shape index (κ3) is 2.97. The molecule has 0 aliphatic carbocycles. The van der Waals surface area contributed by atoms with Crippen molar-refractivity contribution in [1.82, 2.24) is 19.5 Å². The lowest BCUT2D eigenvalue weighted by Crippen LogP contribution is -2.09. The first kappa shape index (κ1) is 13.8. The summed E-state index contributed by atoms with van der Waals surface area (Å²) in [6.45, 7) is 3.76. The molecule has 3 heterocycles. The Morgan fingerprint density at radius 1 is 1.38 bits per heavy atom. The van der Waals surface area contributed by atoms with Gasteiger partial charge in [-0.05, 0) is 12.5 Å². The topological polar surface area (TPSA) is 81.6 Å². The van der Waals surface area contributed by atoms with E-state index >= 15 is 0 Å². The van der Waals surface area contributed by atoms with E-state index in [0.717, 1.165) is 47.8 Å². The lowest BCUT2D eigenvalue weighted by molar-refractivity contribution is 0.816. The molecule has 0 saturated heterocycles. The lowest BCUT2D eigenvalue weighted by atomic mass is 10.3. The highest BCUT2D eigenvalue weighted by atomic mass is 32.1. The molecular formula is C14H18N6S. The van der Waals surface area contributed by atoms with E-state index in [4.69, 9.17) is 5.73 Å². The first-order valence-electron chi connectivity index (χ1n) is 7.02. The van der Waals surface area contributed by atoms with Gasteiger partial charge in [0.1, 0.15) is 10.5 Å². The van der Waals surface area contributed by atoms with E-state index in [2.05, 4.69) is 31.8 Å². The van der Waals surface area contributed by atoms with E-state index in [1.807, 2.05) is 23.8 Å². The van der Waals surface area contributed by atoms with Crippen molar-refractivity contribution < 1.29 is 0 Å². The van der Waals surface area contributed by atoms with Crippen molar-refractivity contribution in [3.8, 4) is 0 Å². The largest absolute Gasteiger partial charge is 0.368 e. The zero-order valence-corrected chi connectivity index (χ0v) is 12.7.